The Morgan fingerprint density at radius 1 is 1.10 bits per heavy atom. The first-order valence-corrected chi connectivity index (χ1v) is 11.2. The Labute approximate surface area is 176 Å². The van der Waals surface area contributed by atoms with Crippen LogP contribution >= 0.6 is 11.6 Å². The van der Waals surface area contributed by atoms with E-state index in [1.165, 1.54) is 38.4 Å². The third-order valence-electron chi connectivity index (χ3n) is 4.89. The van der Waals surface area contributed by atoms with Gasteiger partial charge in [-0.25, -0.2) is 17.7 Å². The van der Waals surface area contributed by atoms with Gasteiger partial charge in [0.1, 0.15) is 6.10 Å². The molecule has 9 heteroatoms. The molecule has 0 unspecified atom stereocenters. The summed E-state index contributed by atoms with van der Waals surface area (Å²) in [7, 11) is -0.563. The van der Waals surface area contributed by atoms with Crippen molar-refractivity contribution in [1.29, 1.82) is 0 Å². The first kappa shape index (κ1) is 21.5. The second kappa shape index (κ2) is 9.11. The molecule has 0 atom stereocenters. The monoisotopic (exact) mass is 437 g/mol. The van der Waals surface area contributed by atoms with Crippen molar-refractivity contribution >= 4 is 27.5 Å². The first-order valence-electron chi connectivity index (χ1n) is 9.37. The van der Waals surface area contributed by atoms with Gasteiger partial charge in [-0.3, -0.25) is 4.79 Å². The van der Waals surface area contributed by atoms with Crippen LogP contribution in [0.2, 0.25) is 5.02 Å². The minimum atomic E-state index is -3.51. The Bertz CT molecular complexity index is 939. The number of pyridine rings is 1. The topological polar surface area (TPSA) is 88.6 Å². The lowest BCUT2D eigenvalue weighted by molar-refractivity contribution is 0.0890. The molecule has 0 aliphatic heterocycles. The van der Waals surface area contributed by atoms with Crippen LogP contribution in [0.5, 0.6) is 5.88 Å². The second-order valence-electron chi connectivity index (χ2n) is 7.19. The second-order valence-corrected chi connectivity index (χ2v) is 9.78. The Morgan fingerprint density at radius 2 is 1.76 bits per heavy atom. The van der Waals surface area contributed by atoms with Crippen molar-refractivity contribution in [2.45, 2.75) is 42.7 Å². The van der Waals surface area contributed by atoms with Crippen LogP contribution in [0.4, 0.5) is 0 Å². The van der Waals surface area contributed by atoms with Crippen molar-refractivity contribution in [3.63, 3.8) is 0 Å². The van der Waals surface area contributed by atoms with Gasteiger partial charge in [-0.05, 0) is 56.0 Å². The van der Waals surface area contributed by atoms with Crippen molar-refractivity contribution in [2.24, 2.45) is 0 Å². The maximum atomic E-state index is 12.5. The van der Waals surface area contributed by atoms with Crippen molar-refractivity contribution in [1.82, 2.24) is 14.6 Å². The predicted octanol–water partition coefficient (Wildman–Crippen LogP) is 3.11. The summed E-state index contributed by atoms with van der Waals surface area (Å²) in [6.07, 6.45) is 4.85. The average Bonchev–Trinajstić information content (AvgIpc) is 2.71. The molecule has 1 saturated carbocycles. The van der Waals surface area contributed by atoms with Crippen LogP contribution in [0.1, 0.15) is 36.0 Å². The maximum Gasteiger partial charge on any atom is 0.251 e. The fourth-order valence-electron chi connectivity index (χ4n) is 3.19. The third kappa shape index (κ3) is 5.46. The van der Waals surface area contributed by atoms with Gasteiger partial charge in [0.2, 0.25) is 15.9 Å². The van der Waals surface area contributed by atoms with E-state index in [1.807, 2.05) is 0 Å². The molecule has 1 amide bonds. The molecular formula is C20H24ClN3O4S. The number of hydrogen-bond donors (Lipinski definition) is 1. The van der Waals surface area contributed by atoms with Crippen LogP contribution in [0.25, 0.3) is 0 Å². The Kier molecular flexibility index (Phi) is 6.77. The minimum absolute atomic E-state index is 0.0608. The van der Waals surface area contributed by atoms with Crippen molar-refractivity contribution < 1.29 is 17.9 Å². The average molecular weight is 438 g/mol. The van der Waals surface area contributed by atoms with E-state index in [1.54, 1.807) is 18.3 Å². The number of rotatable bonds is 6. The molecule has 1 aliphatic carbocycles. The highest BCUT2D eigenvalue weighted by Gasteiger charge is 2.24. The van der Waals surface area contributed by atoms with E-state index in [2.05, 4.69) is 10.3 Å². The Morgan fingerprint density at radius 3 is 2.31 bits per heavy atom. The third-order valence-corrected chi connectivity index (χ3v) is 6.95. The zero-order chi connectivity index (χ0) is 21.0. The molecule has 1 aliphatic rings. The summed E-state index contributed by atoms with van der Waals surface area (Å²) < 4.78 is 31.2. The summed E-state index contributed by atoms with van der Waals surface area (Å²) in [5.74, 6) is 0.345. The highest BCUT2D eigenvalue weighted by molar-refractivity contribution is 7.89. The van der Waals surface area contributed by atoms with Gasteiger partial charge in [-0.2, -0.15) is 0 Å². The quantitative estimate of drug-likeness (QED) is 0.750. The fourth-order valence-corrected chi connectivity index (χ4v) is 4.20. The van der Waals surface area contributed by atoms with Gasteiger partial charge >= 0.3 is 0 Å². The van der Waals surface area contributed by atoms with Gasteiger partial charge in [0, 0.05) is 38.0 Å². The van der Waals surface area contributed by atoms with Crippen LogP contribution in [0, 0.1) is 0 Å². The van der Waals surface area contributed by atoms with E-state index >= 15 is 0 Å². The molecular weight excluding hydrogens is 414 g/mol. The number of amides is 1. The first-order chi connectivity index (χ1) is 13.8. The van der Waals surface area contributed by atoms with Gasteiger partial charge in [0.05, 0.1) is 9.92 Å². The molecule has 0 radical (unpaired) electrons. The van der Waals surface area contributed by atoms with Crippen LogP contribution in [-0.4, -0.2) is 49.9 Å². The number of sulfonamides is 1. The highest BCUT2D eigenvalue weighted by atomic mass is 35.5. The number of benzene rings is 1. The minimum Gasteiger partial charge on any atom is -0.474 e. The van der Waals surface area contributed by atoms with Crippen LogP contribution in [-0.2, 0) is 10.0 Å². The van der Waals surface area contributed by atoms with E-state index in [9.17, 15) is 13.2 Å². The van der Waals surface area contributed by atoms with E-state index in [0.717, 1.165) is 30.0 Å². The summed E-state index contributed by atoms with van der Waals surface area (Å²) >= 11 is 5.83. The van der Waals surface area contributed by atoms with Gasteiger partial charge in [0.25, 0.3) is 5.91 Å². The zero-order valence-electron chi connectivity index (χ0n) is 16.3. The van der Waals surface area contributed by atoms with E-state index in [4.69, 9.17) is 16.3 Å². The molecule has 2 aromatic rings. The van der Waals surface area contributed by atoms with Crippen molar-refractivity contribution in [3.8, 4) is 5.88 Å². The lowest BCUT2D eigenvalue weighted by Crippen LogP contribution is -2.39. The maximum absolute atomic E-state index is 12.5. The van der Waals surface area contributed by atoms with Gasteiger partial charge < -0.3 is 10.1 Å². The van der Waals surface area contributed by atoms with Gasteiger partial charge in [-0.15, -0.1) is 0 Å². The van der Waals surface area contributed by atoms with E-state index < -0.39 is 10.0 Å². The normalized spacial score (nSPS) is 19.7. The lowest BCUT2D eigenvalue weighted by atomic mass is 9.92. The number of carbonyl (C=O) groups is 1. The Hall–Kier alpha value is -2.16. The molecule has 3 rings (SSSR count). The smallest absolute Gasteiger partial charge is 0.251 e. The molecule has 29 heavy (non-hydrogen) atoms. The number of carbonyl (C=O) groups excluding carboxylic acids is 1. The number of nitrogens with zero attached hydrogens (tertiary/aromatic N) is 2. The molecule has 0 bridgehead atoms. The standard InChI is InChI=1S/C20H24ClN3O4S/c1-24(2)29(26,27)18-10-3-14(4-11-18)20(25)23-16-6-8-17(9-7-16)28-19-12-5-15(21)13-22-19/h3-5,10-13,16-17H,6-9H2,1-2H3,(H,23,25). The van der Waals surface area contributed by atoms with Gasteiger partial charge in [0.15, 0.2) is 0 Å². The molecule has 1 N–H and O–H groups in total. The summed E-state index contributed by atoms with van der Waals surface area (Å²) in [5, 5.41) is 3.59. The predicted molar refractivity (Wildman–Crippen MR) is 111 cm³/mol. The number of ether oxygens (including phenoxy) is 1. The zero-order valence-corrected chi connectivity index (χ0v) is 17.9. The summed E-state index contributed by atoms with van der Waals surface area (Å²) in [5.41, 5.74) is 0.437. The molecule has 1 heterocycles. The molecule has 156 valence electrons. The molecule has 1 aromatic carbocycles. The Balaban J connectivity index is 1.51. The van der Waals surface area contributed by atoms with Crippen molar-refractivity contribution in [2.75, 3.05) is 14.1 Å². The summed E-state index contributed by atoms with van der Waals surface area (Å²) in [6, 6.07) is 9.52. The van der Waals surface area contributed by atoms with Crippen molar-refractivity contribution in [3.05, 3.63) is 53.2 Å². The molecule has 0 spiro atoms. The largest absolute Gasteiger partial charge is 0.474 e. The summed E-state index contributed by atoms with van der Waals surface area (Å²) in [4.78, 5) is 16.8. The highest BCUT2D eigenvalue weighted by Crippen LogP contribution is 2.24. The number of nitrogens with one attached hydrogen (secondary N) is 1. The molecule has 1 fully saturated rings. The van der Waals surface area contributed by atoms with Crippen LogP contribution in [0.3, 0.4) is 0 Å². The lowest BCUT2D eigenvalue weighted by Gasteiger charge is -2.29. The summed E-state index contributed by atoms with van der Waals surface area (Å²) in [6.45, 7) is 0. The number of aromatic nitrogens is 1. The molecule has 1 aromatic heterocycles. The SMILES string of the molecule is CN(C)S(=O)(=O)c1ccc(C(=O)NC2CCC(Oc3ccc(Cl)cn3)CC2)cc1. The fraction of sp³-hybridized carbons (Fsp3) is 0.400. The number of hydrogen-bond acceptors (Lipinski definition) is 5. The van der Waals surface area contributed by atoms with Crippen LogP contribution < -0.4 is 10.1 Å². The molecule has 0 saturated heterocycles. The van der Waals surface area contributed by atoms with E-state index in [-0.39, 0.29) is 22.9 Å². The van der Waals surface area contributed by atoms with Gasteiger partial charge in [-0.1, -0.05) is 11.6 Å². The molecule has 7 nitrogen and oxygen atoms in total. The number of halogens is 1. The van der Waals surface area contributed by atoms with E-state index in [0.29, 0.717) is 16.5 Å². The van der Waals surface area contributed by atoms with Crippen LogP contribution in [0.15, 0.2) is 47.5 Å².